The van der Waals surface area contributed by atoms with E-state index in [1.807, 2.05) is 6.92 Å². The Kier molecular flexibility index (Phi) is 2.86. The first kappa shape index (κ1) is 12.3. The first-order valence-electron chi connectivity index (χ1n) is 6.20. The van der Waals surface area contributed by atoms with E-state index in [9.17, 15) is 9.59 Å². The third-order valence-corrected chi connectivity index (χ3v) is 4.00. The van der Waals surface area contributed by atoms with Gasteiger partial charge in [0.15, 0.2) is 0 Å². The van der Waals surface area contributed by atoms with Crippen LogP contribution in [0.3, 0.4) is 0 Å². The second-order valence-corrected chi connectivity index (χ2v) is 4.89. The van der Waals surface area contributed by atoms with E-state index in [1.165, 1.54) is 11.0 Å². The number of amides is 2. The van der Waals surface area contributed by atoms with Crippen molar-refractivity contribution in [2.45, 2.75) is 58.3 Å². The van der Waals surface area contributed by atoms with Gasteiger partial charge in [0.2, 0.25) is 0 Å². The second kappa shape index (κ2) is 3.95. The highest BCUT2D eigenvalue weighted by Crippen LogP contribution is 2.46. The topological polar surface area (TPSA) is 49.9 Å². The van der Waals surface area contributed by atoms with Crippen molar-refractivity contribution < 1.29 is 14.3 Å². The molecule has 0 aromatic heterocycles. The van der Waals surface area contributed by atoms with Crippen LogP contribution in [0.15, 0.2) is 11.6 Å². The van der Waals surface area contributed by atoms with Crippen LogP contribution in [0.5, 0.6) is 0 Å². The molecule has 0 bridgehead atoms. The Balaban J connectivity index is 2.11. The maximum atomic E-state index is 11.9. The van der Waals surface area contributed by atoms with Crippen LogP contribution in [0.2, 0.25) is 0 Å². The van der Waals surface area contributed by atoms with Crippen LogP contribution in [0.1, 0.15) is 40.5 Å². The summed E-state index contributed by atoms with van der Waals surface area (Å²) in [6, 6.07) is -0.177. The lowest BCUT2D eigenvalue weighted by molar-refractivity contribution is -0.139. The number of nitrogens with zero attached hydrogens (tertiary/aromatic N) is 1. The largest absolute Gasteiger partial charge is 0.364 e. The Labute approximate surface area is 102 Å². The molecule has 0 saturated carbocycles. The summed E-state index contributed by atoms with van der Waals surface area (Å²) in [6.45, 7) is 7.72. The van der Waals surface area contributed by atoms with Gasteiger partial charge in [-0.05, 0) is 26.7 Å². The fraction of sp³-hybridized carbons (Fsp3) is 0.692. The molecule has 0 N–H and O–H groups in total. The van der Waals surface area contributed by atoms with Gasteiger partial charge in [-0.1, -0.05) is 13.8 Å². The van der Waals surface area contributed by atoms with Crippen molar-refractivity contribution in [1.29, 1.82) is 0 Å². The average molecular weight is 237 g/mol. The summed E-state index contributed by atoms with van der Waals surface area (Å²) >= 11 is 0. The molecule has 2 aliphatic rings. The van der Waals surface area contributed by atoms with Crippen molar-refractivity contribution in [1.82, 2.24) is 4.90 Å². The van der Waals surface area contributed by atoms with E-state index < -0.39 is 0 Å². The normalized spacial score (nSPS) is 28.4. The summed E-state index contributed by atoms with van der Waals surface area (Å²) in [5, 5.41) is 0. The smallest absolute Gasteiger partial charge is 0.256 e. The van der Waals surface area contributed by atoms with Gasteiger partial charge >= 0.3 is 0 Å². The van der Waals surface area contributed by atoms with Gasteiger partial charge < -0.3 is 4.74 Å². The van der Waals surface area contributed by atoms with E-state index >= 15 is 0 Å². The predicted octanol–water partition coefficient (Wildman–Crippen LogP) is 1.65. The van der Waals surface area contributed by atoms with Crippen LogP contribution >= 0.6 is 0 Å². The van der Waals surface area contributed by atoms with Crippen molar-refractivity contribution in [3.63, 3.8) is 0 Å². The number of carbonyl (C=O) groups is 2. The van der Waals surface area contributed by atoms with Gasteiger partial charge in [-0.3, -0.25) is 14.5 Å². The van der Waals surface area contributed by atoms with Gasteiger partial charge in [0.05, 0.1) is 11.6 Å². The number of rotatable bonds is 4. The SMILES string of the molecule is CCC1(CC)OC1C(C)N1C(=O)C=C(C)C1=O. The number of hydrogen-bond donors (Lipinski definition) is 0. The highest BCUT2D eigenvalue weighted by atomic mass is 16.6. The summed E-state index contributed by atoms with van der Waals surface area (Å²) in [5.41, 5.74) is 0.386. The number of hydrogen-bond acceptors (Lipinski definition) is 3. The molecule has 1 fully saturated rings. The number of ether oxygens (including phenoxy) is 1. The summed E-state index contributed by atoms with van der Waals surface area (Å²) in [5.74, 6) is -0.393. The summed E-state index contributed by atoms with van der Waals surface area (Å²) in [4.78, 5) is 24.9. The van der Waals surface area contributed by atoms with Gasteiger partial charge in [0.1, 0.15) is 6.10 Å². The monoisotopic (exact) mass is 237 g/mol. The second-order valence-electron chi connectivity index (χ2n) is 4.89. The molecule has 0 aromatic carbocycles. The molecule has 2 aliphatic heterocycles. The molecule has 1 saturated heterocycles. The lowest BCUT2D eigenvalue weighted by atomic mass is 9.94. The van der Waals surface area contributed by atoms with Crippen molar-refractivity contribution in [3.8, 4) is 0 Å². The van der Waals surface area contributed by atoms with Crippen LogP contribution in [-0.4, -0.2) is 34.5 Å². The molecule has 2 heterocycles. The van der Waals surface area contributed by atoms with Gasteiger partial charge in [0.25, 0.3) is 11.8 Å². The molecule has 2 amide bonds. The minimum Gasteiger partial charge on any atom is -0.364 e. The van der Waals surface area contributed by atoms with E-state index in [1.54, 1.807) is 6.92 Å². The minimum atomic E-state index is -0.211. The fourth-order valence-electron chi connectivity index (χ4n) is 2.70. The number of epoxide rings is 1. The fourth-order valence-corrected chi connectivity index (χ4v) is 2.70. The highest BCUT2D eigenvalue weighted by molar-refractivity contribution is 6.16. The van der Waals surface area contributed by atoms with Gasteiger partial charge in [-0.25, -0.2) is 0 Å². The van der Waals surface area contributed by atoms with Crippen LogP contribution in [0.25, 0.3) is 0 Å². The molecule has 0 radical (unpaired) electrons. The number of imide groups is 1. The molecule has 4 nitrogen and oxygen atoms in total. The zero-order valence-corrected chi connectivity index (χ0v) is 10.8. The third kappa shape index (κ3) is 1.71. The maximum Gasteiger partial charge on any atom is 0.256 e. The lowest BCUT2D eigenvalue weighted by Gasteiger charge is -2.22. The van der Waals surface area contributed by atoms with Crippen molar-refractivity contribution in [3.05, 3.63) is 11.6 Å². The molecule has 94 valence electrons. The Morgan fingerprint density at radius 1 is 1.41 bits per heavy atom. The lowest BCUT2D eigenvalue weighted by Crippen LogP contribution is -2.43. The Morgan fingerprint density at radius 3 is 2.35 bits per heavy atom. The average Bonchev–Trinajstić information content (AvgIpc) is 2.98. The van der Waals surface area contributed by atoms with Crippen LogP contribution in [0.4, 0.5) is 0 Å². The molecule has 4 heteroatoms. The van der Waals surface area contributed by atoms with Crippen molar-refractivity contribution in [2.24, 2.45) is 0 Å². The first-order chi connectivity index (χ1) is 7.96. The zero-order valence-electron chi connectivity index (χ0n) is 10.8. The number of carbonyl (C=O) groups excluding carboxylic acids is 2. The molecule has 2 unspecified atom stereocenters. The van der Waals surface area contributed by atoms with Crippen molar-refractivity contribution >= 4 is 11.8 Å². The molecule has 0 aromatic rings. The molecule has 17 heavy (non-hydrogen) atoms. The Hall–Kier alpha value is -1.16. The first-order valence-corrected chi connectivity index (χ1v) is 6.20. The molecular weight excluding hydrogens is 218 g/mol. The third-order valence-electron chi connectivity index (χ3n) is 4.00. The molecule has 2 atom stereocenters. The zero-order chi connectivity index (χ0) is 12.8. The summed E-state index contributed by atoms with van der Waals surface area (Å²) in [7, 11) is 0. The van der Waals surface area contributed by atoms with E-state index in [0.717, 1.165) is 12.8 Å². The quantitative estimate of drug-likeness (QED) is 0.552. The summed E-state index contributed by atoms with van der Waals surface area (Å²) in [6.07, 6.45) is 3.23. The molecule has 2 rings (SSSR count). The highest BCUT2D eigenvalue weighted by Gasteiger charge is 2.58. The van der Waals surface area contributed by atoms with E-state index in [4.69, 9.17) is 4.74 Å². The van der Waals surface area contributed by atoms with Gasteiger partial charge in [-0.2, -0.15) is 0 Å². The van der Waals surface area contributed by atoms with Crippen LogP contribution in [-0.2, 0) is 14.3 Å². The van der Waals surface area contributed by atoms with E-state index in [-0.39, 0.29) is 29.6 Å². The minimum absolute atomic E-state index is 0.00954. The van der Waals surface area contributed by atoms with Crippen LogP contribution < -0.4 is 0 Å². The van der Waals surface area contributed by atoms with E-state index in [2.05, 4.69) is 13.8 Å². The molecule has 0 aliphatic carbocycles. The van der Waals surface area contributed by atoms with Gasteiger partial charge in [-0.15, -0.1) is 0 Å². The molecule has 0 spiro atoms. The van der Waals surface area contributed by atoms with Crippen molar-refractivity contribution in [2.75, 3.05) is 0 Å². The predicted molar refractivity (Wildman–Crippen MR) is 63.3 cm³/mol. The standard InChI is InChI=1S/C13H19NO3/c1-5-13(6-2)11(17-13)9(4)14-10(15)7-8(3)12(14)16/h7,9,11H,5-6H2,1-4H3. The Morgan fingerprint density at radius 2 is 2.00 bits per heavy atom. The van der Waals surface area contributed by atoms with Crippen LogP contribution in [0, 0.1) is 0 Å². The van der Waals surface area contributed by atoms with E-state index in [0.29, 0.717) is 5.57 Å². The maximum absolute atomic E-state index is 11.9. The van der Waals surface area contributed by atoms with Gasteiger partial charge in [0, 0.05) is 11.6 Å². The molecular formula is C13H19NO3. The Bertz CT molecular complexity index is 395. The summed E-state index contributed by atoms with van der Waals surface area (Å²) < 4.78 is 5.74.